The Balaban J connectivity index is 4.17. The highest BCUT2D eigenvalue weighted by molar-refractivity contribution is 5.77. The minimum atomic E-state index is -0.874. The largest absolute Gasteiger partial charge is 0.481 e. The van der Waals surface area contributed by atoms with Gasteiger partial charge in [0.1, 0.15) is 0 Å². The Bertz CT molecular complexity index is 277. The monoisotopic (exact) mass is 273 g/mol. The standard InChI is InChI=1S/C14H27NO4/c1-11(2)10-13(16)15(8-6-14(17)18)7-5-9-19-12(3)4/h11-12H,5-10H2,1-4H3,(H,17,18). The predicted molar refractivity (Wildman–Crippen MR) is 74.0 cm³/mol. The molecule has 0 bridgehead atoms. The molecule has 0 aromatic carbocycles. The van der Waals surface area contributed by atoms with Crippen LogP contribution in [0.3, 0.4) is 0 Å². The molecule has 0 aromatic heterocycles. The summed E-state index contributed by atoms with van der Waals surface area (Å²) in [4.78, 5) is 24.2. The van der Waals surface area contributed by atoms with Crippen molar-refractivity contribution >= 4 is 11.9 Å². The van der Waals surface area contributed by atoms with Crippen molar-refractivity contribution in [2.75, 3.05) is 19.7 Å². The van der Waals surface area contributed by atoms with Crippen LogP contribution in [0.5, 0.6) is 0 Å². The molecule has 5 nitrogen and oxygen atoms in total. The van der Waals surface area contributed by atoms with Crippen LogP contribution in [0.4, 0.5) is 0 Å². The van der Waals surface area contributed by atoms with E-state index >= 15 is 0 Å². The Morgan fingerprint density at radius 1 is 1.16 bits per heavy atom. The van der Waals surface area contributed by atoms with Gasteiger partial charge in [-0.15, -0.1) is 0 Å². The van der Waals surface area contributed by atoms with Crippen LogP contribution in [0.15, 0.2) is 0 Å². The molecule has 0 heterocycles. The van der Waals surface area contributed by atoms with E-state index in [1.165, 1.54) is 0 Å². The van der Waals surface area contributed by atoms with Crippen LogP contribution in [0.25, 0.3) is 0 Å². The molecule has 0 unspecified atom stereocenters. The Morgan fingerprint density at radius 2 is 1.79 bits per heavy atom. The molecule has 0 rings (SSSR count). The van der Waals surface area contributed by atoms with Gasteiger partial charge in [0.15, 0.2) is 0 Å². The molecule has 1 amide bonds. The molecule has 0 aliphatic heterocycles. The minimum absolute atomic E-state index is 0.00509. The van der Waals surface area contributed by atoms with Gasteiger partial charge in [-0.05, 0) is 26.2 Å². The summed E-state index contributed by atoms with van der Waals surface area (Å²) in [6, 6.07) is 0. The second kappa shape index (κ2) is 9.78. The number of rotatable bonds is 10. The SMILES string of the molecule is CC(C)CC(=O)N(CCCOC(C)C)CCC(=O)O. The van der Waals surface area contributed by atoms with Crippen molar-refractivity contribution in [2.45, 2.75) is 53.1 Å². The Labute approximate surface area is 115 Å². The van der Waals surface area contributed by atoms with Crippen LogP contribution < -0.4 is 0 Å². The molecule has 0 aliphatic rings. The Morgan fingerprint density at radius 3 is 2.26 bits per heavy atom. The first-order valence-corrected chi connectivity index (χ1v) is 6.94. The highest BCUT2D eigenvalue weighted by atomic mass is 16.5. The third kappa shape index (κ3) is 10.5. The molecule has 0 spiro atoms. The number of aliphatic carboxylic acids is 1. The zero-order valence-electron chi connectivity index (χ0n) is 12.5. The van der Waals surface area contributed by atoms with Crippen molar-refractivity contribution in [2.24, 2.45) is 5.92 Å². The fourth-order valence-corrected chi connectivity index (χ4v) is 1.64. The van der Waals surface area contributed by atoms with Crippen LogP contribution in [0.1, 0.15) is 47.0 Å². The number of ether oxygens (including phenoxy) is 1. The van der Waals surface area contributed by atoms with Crippen LogP contribution in [0, 0.1) is 5.92 Å². The number of carbonyl (C=O) groups excluding carboxylic acids is 1. The lowest BCUT2D eigenvalue weighted by Crippen LogP contribution is -2.35. The Kier molecular flexibility index (Phi) is 9.21. The number of carboxylic acid groups (broad SMARTS) is 1. The quantitative estimate of drug-likeness (QED) is 0.619. The lowest BCUT2D eigenvalue weighted by Gasteiger charge is -2.23. The topological polar surface area (TPSA) is 66.8 Å². The van der Waals surface area contributed by atoms with Crippen LogP contribution in [0.2, 0.25) is 0 Å². The molecule has 19 heavy (non-hydrogen) atoms. The van der Waals surface area contributed by atoms with Crippen LogP contribution in [-0.2, 0) is 14.3 Å². The van der Waals surface area contributed by atoms with Gasteiger partial charge in [-0.3, -0.25) is 9.59 Å². The van der Waals surface area contributed by atoms with Gasteiger partial charge in [0, 0.05) is 26.1 Å². The molecule has 112 valence electrons. The molecular formula is C14H27NO4. The second-order valence-corrected chi connectivity index (χ2v) is 5.40. The molecule has 0 aliphatic carbocycles. The average molecular weight is 273 g/mol. The number of hydrogen-bond acceptors (Lipinski definition) is 3. The van der Waals surface area contributed by atoms with Crippen molar-refractivity contribution in [3.05, 3.63) is 0 Å². The van der Waals surface area contributed by atoms with Gasteiger partial charge in [0.25, 0.3) is 0 Å². The van der Waals surface area contributed by atoms with E-state index in [2.05, 4.69) is 0 Å². The van der Waals surface area contributed by atoms with Gasteiger partial charge in [-0.25, -0.2) is 0 Å². The summed E-state index contributed by atoms with van der Waals surface area (Å²) in [6.45, 7) is 9.33. The zero-order valence-corrected chi connectivity index (χ0v) is 12.5. The first-order valence-electron chi connectivity index (χ1n) is 6.94. The molecule has 1 N–H and O–H groups in total. The van der Waals surface area contributed by atoms with E-state index in [0.29, 0.717) is 19.6 Å². The van der Waals surface area contributed by atoms with E-state index in [0.717, 1.165) is 6.42 Å². The van der Waals surface area contributed by atoms with Crippen molar-refractivity contribution < 1.29 is 19.4 Å². The molecule has 0 aromatic rings. The van der Waals surface area contributed by atoms with Crippen molar-refractivity contribution in [3.8, 4) is 0 Å². The third-order valence-electron chi connectivity index (χ3n) is 2.55. The zero-order chi connectivity index (χ0) is 14.8. The van der Waals surface area contributed by atoms with E-state index < -0.39 is 5.97 Å². The summed E-state index contributed by atoms with van der Waals surface area (Å²) in [6.07, 6.45) is 1.38. The summed E-state index contributed by atoms with van der Waals surface area (Å²) in [7, 11) is 0. The first kappa shape index (κ1) is 17.9. The number of nitrogens with zero attached hydrogens (tertiary/aromatic N) is 1. The fraction of sp³-hybridized carbons (Fsp3) is 0.857. The van der Waals surface area contributed by atoms with Crippen molar-refractivity contribution in [3.63, 3.8) is 0 Å². The van der Waals surface area contributed by atoms with Gasteiger partial charge >= 0.3 is 5.97 Å². The summed E-state index contributed by atoms with van der Waals surface area (Å²) >= 11 is 0. The summed E-state index contributed by atoms with van der Waals surface area (Å²) in [5.74, 6) is -0.562. The third-order valence-corrected chi connectivity index (χ3v) is 2.55. The predicted octanol–water partition coefficient (Wildman–Crippen LogP) is 2.15. The fourth-order valence-electron chi connectivity index (χ4n) is 1.64. The van der Waals surface area contributed by atoms with Crippen molar-refractivity contribution in [1.82, 2.24) is 4.90 Å². The van der Waals surface area contributed by atoms with Crippen molar-refractivity contribution in [1.29, 1.82) is 0 Å². The molecule has 5 heteroatoms. The minimum Gasteiger partial charge on any atom is -0.481 e. The maximum atomic E-state index is 12.0. The molecule has 0 saturated carbocycles. The van der Waals surface area contributed by atoms with Gasteiger partial charge in [-0.1, -0.05) is 13.8 Å². The number of amides is 1. The van der Waals surface area contributed by atoms with Crippen LogP contribution in [-0.4, -0.2) is 47.7 Å². The molecule has 0 radical (unpaired) electrons. The molecule has 0 saturated heterocycles. The smallest absolute Gasteiger partial charge is 0.305 e. The maximum Gasteiger partial charge on any atom is 0.305 e. The first-order chi connectivity index (χ1) is 8.82. The summed E-state index contributed by atoms with van der Waals surface area (Å²) < 4.78 is 5.42. The van der Waals surface area contributed by atoms with Crippen LogP contribution >= 0.6 is 0 Å². The van der Waals surface area contributed by atoms with E-state index in [1.54, 1.807) is 4.90 Å². The molecule has 0 fully saturated rings. The second-order valence-electron chi connectivity index (χ2n) is 5.40. The number of carbonyl (C=O) groups is 2. The van der Waals surface area contributed by atoms with E-state index in [-0.39, 0.29) is 30.9 Å². The summed E-state index contributed by atoms with van der Waals surface area (Å²) in [5.41, 5.74) is 0. The molecule has 0 atom stereocenters. The number of hydrogen-bond donors (Lipinski definition) is 1. The van der Waals surface area contributed by atoms with Gasteiger partial charge in [0.05, 0.1) is 12.5 Å². The lowest BCUT2D eigenvalue weighted by molar-refractivity contribution is -0.138. The van der Waals surface area contributed by atoms with Gasteiger partial charge in [-0.2, -0.15) is 0 Å². The van der Waals surface area contributed by atoms with Gasteiger partial charge < -0.3 is 14.7 Å². The normalized spacial score (nSPS) is 11.1. The van der Waals surface area contributed by atoms with E-state index in [1.807, 2.05) is 27.7 Å². The maximum absolute atomic E-state index is 12.0. The summed E-state index contributed by atoms with van der Waals surface area (Å²) in [5, 5.41) is 8.71. The van der Waals surface area contributed by atoms with Gasteiger partial charge in [0.2, 0.25) is 5.91 Å². The lowest BCUT2D eigenvalue weighted by atomic mass is 10.1. The molecular weight excluding hydrogens is 246 g/mol. The average Bonchev–Trinajstić information content (AvgIpc) is 2.26. The van der Waals surface area contributed by atoms with E-state index in [9.17, 15) is 9.59 Å². The van der Waals surface area contributed by atoms with E-state index in [4.69, 9.17) is 9.84 Å². The number of carboxylic acids is 1. The highest BCUT2D eigenvalue weighted by Gasteiger charge is 2.15. The highest BCUT2D eigenvalue weighted by Crippen LogP contribution is 2.06. The Hall–Kier alpha value is -1.10.